The second-order valence-corrected chi connectivity index (χ2v) is 4.17. The highest BCUT2D eigenvalue weighted by molar-refractivity contribution is 4.95. The molecular formula is C11H18N2O. The summed E-state index contributed by atoms with van der Waals surface area (Å²) in [7, 11) is 0. The predicted octanol–water partition coefficient (Wildman–Crippen LogP) is 2.30. The van der Waals surface area contributed by atoms with E-state index in [0.29, 0.717) is 0 Å². The van der Waals surface area contributed by atoms with Crippen molar-refractivity contribution in [2.75, 3.05) is 13.1 Å². The molecule has 0 amide bonds. The number of aromatic nitrogens is 1. The quantitative estimate of drug-likeness (QED) is 0.696. The number of hydrogen-bond acceptors (Lipinski definition) is 3. The van der Waals surface area contributed by atoms with Crippen molar-refractivity contribution in [3.05, 3.63) is 18.0 Å². The Bertz CT molecular complexity index is 254. The first-order chi connectivity index (χ1) is 6.88. The first-order valence-electron chi connectivity index (χ1n) is 5.50. The molecule has 78 valence electrons. The molecule has 0 atom stereocenters. The number of rotatable bonds is 6. The molecule has 14 heavy (non-hydrogen) atoms. The molecule has 0 bridgehead atoms. The second kappa shape index (κ2) is 4.60. The van der Waals surface area contributed by atoms with Crippen LogP contribution in [0.3, 0.4) is 0 Å². The minimum Gasteiger partial charge on any atom is -0.364 e. The van der Waals surface area contributed by atoms with Crippen LogP contribution in [0.1, 0.15) is 31.9 Å². The lowest BCUT2D eigenvalue weighted by molar-refractivity contribution is 0.247. The molecule has 3 heteroatoms. The van der Waals surface area contributed by atoms with E-state index < -0.39 is 0 Å². The fourth-order valence-corrected chi connectivity index (χ4v) is 1.76. The summed E-state index contributed by atoms with van der Waals surface area (Å²) >= 11 is 0. The van der Waals surface area contributed by atoms with Gasteiger partial charge in [-0.3, -0.25) is 4.90 Å². The maximum atomic E-state index is 4.84. The molecule has 0 aromatic carbocycles. The van der Waals surface area contributed by atoms with Gasteiger partial charge in [0.05, 0.1) is 5.69 Å². The Morgan fingerprint density at radius 3 is 3.00 bits per heavy atom. The van der Waals surface area contributed by atoms with Gasteiger partial charge in [-0.25, -0.2) is 0 Å². The molecule has 0 unspecified atom stereocenters. The summed E-state index contributed by atoms with van der Waals surface area (Å²) < 4.78 is 4.84. The third-order valence-corrected chi connectivity index (χ3v) is 2.63. The average Bonchev–Trinajstić information content (AvgIpc) is 2.81. The first-order valence-corrected chi connectivity index (χ1v) is 5.50. The van der Waals surface area contributed by atoms with Gasteiger partial charge in [0.1, 0.15) is 6.26 Å². The van der Waals surface area contributed by atoms with Crippen molar-refractivity contribution in [2.24, 2.45) is 5.92 Å². The van der Waals surface area contributed by atoms with Gasteiger partial charge in [0.15, 0.2) is 0 Å². The van der Waals surface area contributed by atoms with Crippen LogP contribution in [-0.2, 0) is 6.54 Å². The highest BCUT2D eigenvalue weighted by atomic mass is 16.5. The van der Waals surface area contributed by atoms with Crippen molar-refractivity contribution in [3.63, 3.8) is 0 Å². The lowest BCUT2D eigenvalue weighted by Gasteiger charge is -2.19. The predicted molar refractivity (Wildman–Crippen MR) is 54.8 cm³/mol. The molecule has 1 fully saturated rings. The molecule has 1 aliphatic rings. The first kappa shape index (κ1) is 9.71. The lowest BCUT2D eigenvalue weighted by atomic mass is 10.3. The zero-order chi connectivity index (χ0) is 9.80. The van der Waals surface area contributed by atoms with E-state index in [-0.39, 0.29) is 0 Å². The minimum atomic E-state index is 0.945. The third kappa shape index (κ3) is 2.84. The maximum absolute atomic E-state index is 4.84. The normalized spacial score (nSPS) is 16.4. The Morgan fingerprint density at radius 1 is 1.57 bits per heavy atom. The van der Waals surface area contributed by atoms with Crippen LogP contribution in [0.4, 0.5) is 0 Å². The van der Waals surface area contributed by atoms with Gasteiger partial charge in [-0.15, -0.1) is 0 Å². The van der Waals surface area contributed by atoms with Crippen molar-refractivity contribution in [3.8, 4) is 0 Å². The van der Waals surface area contributed by atoms with Gasteiger partial charge in [0, 0.05) is 19.2 Å². The largest absolute Gasteiger partial charge is 0.364 e. The van der Waals surface area contributed by atoms with Crippen LogP contribution in [0.15, 0.2) is 16.9 Å². The van der Waals surface area contributed by atoms with Crippen molar-refractivity contribution >= 4 is 0 Å². The molecule has 3 nitrogen and oxygen atoms in total. The smallest absolute Gasteiger partial charge is 0.124 e. The summed E-state index contributed by atoms with van der Waals surface area (Å²) in [5.41, 5.74) is 1.05. The molecule has 1 aromatic heterocycles. The van der Waals surface area contributed by atoms with E-state index >= 15 is 0 Å². The zero-order valence-electron chi connectivity index (χ0n) is 8.78. The summed E-state index contributed by atoms with van der Waals surface area (Å²) in [6.07, 6.45) is 5.69. The SMILES string of the molecule is CCCN(Cc1ccon1)CC1CC1. The van der Waals surface area contributed by atoms with Crippen LogP contribution in [0, 0.1) is 5.92 Å². The Morgan fingerprint density at radius 2 is 2.43 bits per heavy atom. The van der Waals surface area contributed by atoms with Gasteiger partial charge >= 0.3 is 0 Å². The standard InChI is InChI=1S/C11H18N2O/c1-2-6-13(8-10-3-4-10)9-11-5-7-14-12-11/h5,7,10H,2-4,6,8-9H2,1H3. The van der Waals surface area contributed by atoms with E-state index in [1.165, 1.54) is 32.4 Å². The molecule has 0 saturated heterocycles. The summed E-state index contributed by atoms with van der Waals surface area (Å²) in [5, 5.41) is 3.95. The summed E-state index contributed by atoms with van der Waals surface area (Å²) in [6.45, 7) is 5.58. The van der Waals surface area contributed by atoms with Crippen LogP contribution < -0.4 is 0 Å². The van der Waals surface area contributed by atoms with E-state index in [0.717, 1.165) is 18.2 Å². The van der Waals surface area contributed by atoms with Crippen LogP contribution in [-0.4, -0.2) is 23.1 Å². The Labute approximate surface area is 85.1 Å². The topological polar surface area (TPSA) is 29.3 Å². The van der Waals surface area contributed by atoms with Gasteiger partial charge in [-0.1, -0.05) is 12.1 Å². The van der Waals surface area contributed by atoms with E-state index in [1.807, 2.05) is 6.07 Å². The Kier molecular flexibility index (Phi) is 3.19. The maximum Gasteiger partial charge on any atom is 0.124 e. The zero-order valence-corrected chi connectivity index (χ0v) is 8.78. The van der Waals surface area contributed by atoms with E-state index in [2.05, 4.69) is 17.0 Å². The molecular weight excluding hydrogens is 176 g/mol. The Balaban J connectivity index is 1.82. The second-order valence-electron chi connectivity index (χ2n) is 4.17. The van der Waals surface area contributed by atoms with Crippen LogP contribution in [0.2, 0.25) is 0 Å². The fraction of sp³-hybridized carbons (Fsp3) is 0.727. The molecule has 1 heterocycles. The van der Waals surface area contributed by atoms with E-state index in [1.54, 1.807) is 6.26 Å². The van der Waals surface area contributed by atoms with Crippen LogP contribution in [0.25, 0.3) is 0 Å². The van der Waals surface area contributed by atoms with Crippen LogP contribution in [0.5, 0.6) is 0 Å². The van der Waals surface area contributed by atoms with E-state index in [9.17, 15) is 0 Å². The molecule has 1 aromatic rings. The molecule has 0 N–H and O–H groups in total. The summed E-state index contributed by atoms with van der Waals surface area (Å²) in [4.78, 5) is 2.48. The highest BCUT2D eigenvalue weighted by Gasteiger charge is 2.24. The van der Waals surface area contributed by atoms with E-state index in [4.69, 9.17) is 4.52 Å². The summed E-state index contributed by atoms with van der Waals surface area (Å²) in [6, 6.07) is 1.95. The van der Waals surface area contributed by atoms with Gasteiger partial charge in [-0.2, -0.15) is 0 Å². The monoisotopic (exact) mass is 194 g/mol. The Hall–Kier alpha value is -0.830. The van der Waals surface area contributed by atoms with Gasteiger partial charge in [0.2, 0.25) is 0 Å². The van der Waals surface area contributed by atoms with Crippen LogP contribution >= 0.6 is 0 Å². The molecule has 2 rings (SSSR count). The van der Waals surface area contributed by atoms with Crippen molar-refractivity contribution in [1.29, 1.82) is 0 Å². The fourth-order valence-electron chi connectivity index (χ4n) is 1.76. The third-order valence-electron chi connectivity index (χ3n) is 2.63. The summed E-state index contributed by atoms with van der Waals surface area (Å²) in [5.74, 6) is 0.952. The number of hydrogen-bond donors (Lipinski definition) is 0. The lowest BCUT2D eigenvalue weighted by Crippen LogP contribution is -2.26. The minimum absolute atomic E-state index is 0.945. The van der Waals surface area contributed by atoms with Crippen molar-refractivity contribution in [2.45, 2.75) is 32.7 Å². The van der Waals surface area contributed by atoms with Gasteiger partial charge in [0.25, 0.3) is 0 Å². The number of nitrogens with zero attached hydrogens (tertiary/aromatic N) is 2. The van der Waals surface area contributed by atoms with Crippen molar-refractivity contribution in [1.82, 2.24) is 10.1 Å². The van der Waals surface area contributed by atoms with Gasteiger partial charge < -0.3 is 4.52 Å². The molecule has 0 radical (unpaired) electrons. The average molecular weight is 194 g/mol. The highest BCUT2D eigenvalue weighted by Crippen LogP contribution is 2.30. The molecule has 1 aliphatic carbocycles. The molecule has 0 aliphatic heterocycles. The molecule has 0 spiro atoms. The molecule has 1 saturated carbocycles. The van der Waals surface area contributed by atoms with Crippen molar-refractivity contribution < 1.29 is 4.52 Å². The van der Waals surface area contributed by atoms with Gasteiger partial charge in [-0.05, 0) is 31.7 Å².